The van der Waals surface area contributed by atoms with Crippen molar-refractivity contribution in [1.29, 1.82) is 0 Å². The molecule has 0 aliphatic carbocycles. The van der Waals surface area contributed by atoms with E-state index in [9.17, 15) is 9.59 Å². The van der Waals surface area contributed by atoms with Gasteiger partial charge in [-0.3, -0.25) is 4.79 Å². The summed E-state index contributed by atoms with van der Waals surface area (Å²) in [6.45, 7) is 1.19. The van der Waals surface area contributed by atoms with E-state index >= 15 is 0 Å². The zero-order valence-corrected chi connectivity index (χ0v) is 12.9. The van der Waals surface area contributed by atoms with Gasteiger partial charge in [-0.15, -0.1) is 0 Å². The second-order valence-corrected chi connectivity index (χ2v) is 5.58. The summed E-state index contributed by atoms with van der Waals surface area (Å²) in [5.41, 5.74) is 3.59. The largest absolute Gasteiger partial charge is 0.462 e. The normalized spacial score (nSPS) is 12.3. The maximum absolute atomic E-state index is 12.2. The Morgan fingerprint density at radius 1 is 1.04 bits per heavy atom. The summed E-state index contributed by atoms with van der Waals surface area (Å²) in [5.74, 6) is -0.253. The third-order valence-corrected chi connectivity index (χ3v) is 3.93. The van der Waals surface area contributed by atoms with Crippen LogP contribution in [0.15, 0.2) is 48.5 Å². The maximum Gasteiger partial charge on any atom is 0.338 e. The van der Waals surface area contributed by atoms with Gasteiger partial charge in [0.15, 0.2) is 5.78 Å². The third-order valence-electron chi connectivity index (χ3n) is 3.93. The lowest BCUT2D eigenvalue weighted by atomic mass is 10.0. The third kappa shape index (κ3) is 3.77. The average molecular weight is 309 g/mol. The molecule has 0 amide bonds. The quantitative estimate of drug-likeness (QED) is 0.504. The summed E-state index contributed by atoms with van der Waals surface area (Å²) in [7, 11) is 0. The van der Waals surface area contributed by atoms with E-state index in [-0.39, 0.29) is 18.4 Å². The van der Waals surface area contributed by atoms with Crippen LogP contribution in [0, 0.1) is 0 Å². The molecule has 0 unspecified atom stereocenters. The van der Waals surface area contributed by atoms with E-state index in [4.69, 9.17) is 4.74 Å². The molecule has 1 aliphatic heterocycles. The van der Waals surface area contributed by atoms with Crippen LogP contribution < -0.4 is 5.32 Å². The van der Waals surface area contributed by atoms with Gasteiger partial charge < -0.3 is 10.1 Å². The van der Waals surface area contributed by atoms with Crippen LogP contribution in [0.25, 0.3) is 0 Å². The second-order valence-electron chi connectivity index (χ2n) is 5.58. The molecule has 0 fully saturated rings. The number of hydrogen-bond acceptors (Lipinski definition) is 4. The number of nitrogens with one attached hydrogen (secondary N) is 1. The van der Waals surface area contributed by atoms with Gasteiger partial charge in [-0.25, -0.2) is 4.79 Å². The number of ether oxygens (including phenoxy) is 1. The summed E-state index contributed by atoms with van der Waals surface area (Å²) in [6, 6.07) is 14.7. The van der Waals surface area contributed by atoms with Crippen LogP contribution in [-0.2, 0) is 11.2 Å². The zero-order chi connectivity index (χ0) is 16.1. The van der Waals surface area contributed by atoms with E-state index in [0.29, 0.717) is 18.4 Å². The van der Waals surface area contributed by atoms with Crippen molar-refractivity contribution in [2.24, 2.45) is 0 Å². The summed E-state index contributed by atoms with van der Waals surface area (Å²) < 4.78 is 5.19. The summed E-state index contributed by atoms with van der Waals surface area (Å²) in [5, 5.41) is 3.28. The number of anilines is 1. The maximum atomic E-state index is 12.2. The highest BCUT2D eigenvalue weighted by Crippen LogP contribution is 2.23. The van der Waals surface area contributed by atoms with Crippen molar-refractivity contribution in [3.8, 4) is 0 Å². The summed E-state index contributed by atoms with van der Waals surface area (Å²) >= 11 is 0. The van der Waals surface area contributed by atoms with Crippen molar-refractivity contribution in [1.82, 2.24) is 0 Å². The van der Waals surface area contributed by atoms with Gasteiger partial charge in [-0.1, -0.05) is 18.2 Å². The topological polar surface area (TPSA) is 55.4 Å². The molecule has 3 rings (SSSR count). The van der Waals surface area contributed by atoms with Gasteiger partial charge in [0.05, 0.1) is 12.2 Å². The SMILES string of the molecule is O=C(CCCOC(=O)c1ccccc1)c1ccc2c(c1)CCN2. The van der Waals surface area contributed by atoms with Crippen LogP contribution in [0.3, 0.4) is 0 Å². The van der Waals surface area contributed by atoms with Gasteiger partial charge in [-0.05, 0) is 48.7 Å². The van der Waals surface area contributed by atoms with Gasteiger partial charge in [0.1, 0.15) is 0 Å². The highest BCUT2D eigenvalue weighted by molar-refractivity contribution is 5.96. The predicted molar refractivity (Wildman–Crippen MR) is 88.9 cm³/mol. The summed E-state index contributed by atoms with van der Waals surface area (Å²) in [6.07, 6.45) is 1.88. The molecule has 118 valence electrons. The Hall–Kier alpha value is -2.62. The minimum Gasteiger partial charge on any atom is -0.462 e. The van der Waals surface area contributed by atoms with Gasteiger partial charge in [0.2, 0.25) is 0 Å². The van der Waals surface area contributed by atoms with Crippen molar-refractivity contribution in [3.05, 3.63) is 65.2 Å². The van der Waals surface area contributed by atoms with Crippen LogP contribution in [0.5, 0.6) is 0 Å². The molecule has 2 aromatic rings. The van der Waals surface area contributed by atoms with Crippen molar-refractivity contribution in [2.75, 3.05) is 18.5 Å². The summed E-state index contributed by atoms with van der Waals surface area (Å²) in [4.78, 5) is 24.0. The Kier molecular flexibility index (Phi) is 4.71. The molecule has 0 saturated carbocycles. The fourth-order valence-corrected chi connectivity index (χ4v) is 2.68. The Morgan fingerprint density at radius 2 is 1.87 bits per heavy atom. The molecule has 4 nitrogen and oxygen atoms in total. The van der Waals surface area contributed by atoms with Crippen molar-refractivity contribution in [3.63, 3.8) is 0 Å². The van der Waals surface area contributed by atoms with Crippen LogP contribution in [-0.4, -0.2) is 24.9 Å². The number of rotatable bonds is 6. The Morgan fingerprint density at radius 3 is 2.70 bits per heavy atom. The smallest absolute Gasteiger partial charge is 0.338 e. The van der Waals surface area contributed by atoms with Gasteiger partial charge in [0.25, 0.3) is 0 Å². The molecule has 0 spiro atoms. The van der Waals surface area contributed by atoms with E-state index in [0.717, 1.165) is 24.2 Å². The molecular formula is C19H19NO3. The fourth-order valence-electron chi connectivity index (χ4n) is 2.68. The highest BCUT2D eigenvalue weighted by Gasteiger charge is 2.13. The first-order chi connectivity index (χ1) is 11.2. The van der Waals surface area contributed by atoms with Crippen molar-refractivity contribution in [2.45, 2.75) is 19.3 Å². The van der Waals surface area contributed by atoms with Crippen molar-refractivity contribution < 1.29 is 14.3 Å². The number of fused-ring (bicyclic) bond motifs is 1. The minimum atomic E-state index is -0.346. The van der Waals surface area contributed by atoms with Crippen LogP contribution >= 0.6 is 0 Å². The number of ketones is 1. The molecule has 0 saturated heterocycles. The standard InChI is InChI=1S/C19H19NO3/c21-18(16-8-9-17-15(13-16)10-11-20-17)7-4-12-23-19(22)14-5-2-1-3-6-14/h1-3,5-6,8-9,13,20H,4,7,10-12H2. The molecule has 1 heterocycles. The van der Waals surface area contributed by atoms with Gasteiger partial charge >= 0.3 is 5.97 Å². The lowest BCUT2D eigenvalue weighted by Crippen LogP contribution is -2.08. The van der Waals surface area contributed by atoms with Crippen LogP contribution in [0.2, 0.25) is 0 Å². The van der Waals surface area contributed by atoms with Crippen molar-refractivity contribution >= 4 is 17.4 Å². The number of benzene rings is 2. The molecule has 0 bridgehead atoms. The Labute approximate surface area is 135 Å². The number of carbonyl (C=O) groups excluding carboxylic acids is 2. The molecule has 0 atom stereocenters. The lowest BCUT2D eigenvalue weighted by Gasteiger charge is -2.06. The first-order valence-corrected chi connectivity index (χ1v) is 7.86. The minimum absolute atomic E-state index is 0.0930. The number of carbonyl (C=O) groups is 2. The molecular weight excluding hydrogens is 290 g/mol. The number of hydrogen-bond donors (Lipinski definition) is 1. The molecule has 4 heteroatoms. The Bertz CT molecular complexity index is 710. The van der Waals surface area contributed by atoms with E-state index in [1.807, 2.05) is 24.3 Å². The number of Topliss-reactive ketones (excluding diaryl/α,β-unsaturated/α-hetero) is 1. The van der Waals surface area contributed by atoms with E-state index in [2.05, 4.69) is 5.32 Å². The molecule has 1 aliphatic rings. The van der Waals surface area contributed by atoms with Crippen LogP contribution in [0.1, 0.15) is 39.1 Å². The molecule has 2 aromatic carbocycles. The van der Waals surface area contributed by atoms with Gasteiger partial charge in [0, 0.05) is 24.2 Å². The monoisotopic (exact) mass is 309 g/mol. The van der Waals surface area contributed by atoms with E-state index in [1.165, 1.54) is 5.56 Å². The first-order valence-electron chi connectivity index (χ1n) is 7.86. The van der Waals surface area contributed by atoms with Gasteiger partial charge in [-0.2, -0.15) is 0 Å². The first kappa shape index (κ1) is 15.3. The average Bonchev–Trinajstić information content (AvgIpc) is 3.06. The highest BCUT2D eigenvalue weighted by atomic mass is 16.5. The second kappa shape index (κ2) is 7.09. The Balaban J connectivity index is 1.45. The molecule has 1 N–H and O–H groups in total. The molecule has 0 aromatic heterocycles. The van der Waals surface area contributed by atoms with E-state index in [1.54, 1.807) is 24.3 Å². The predicted octanol–water partition coefficient (Wildman–Crippen LogP) is 3.47. The lowest BCUT2D eigenvalue weighted by molar-refractivity contribution is 0.0494. The van der Waals surface area contributed by atoms with E-state index < -0.39 is 0 Å². The molecule has 23 heavy (non-hydrogen) atoms. The molecule has 0 radical (unpaired) electrons. The fraction of sp³-hybridized carbons (Fsp3) is 0.263. The zero-order valence-electron chi connectivity index (χ0n) is 12.9. The van der Waals surface area contributed by atoms with Crippen LogP contribution in [0.4, 0.5) is 5.69 Å². The number of esters is 1.